The van der Waals surface area contributed by atoms with Crippen molar-refractivity contribution in [2.24, 2.45) is 17.4 Å². The number of aromatic nitrogens is 1. The molecule has 0 aliphatic carbocycles. The van der Waals surface area contributed by atoms with E-state index in [0.717, 1.165) is 16.5 Å². The van der Waals surface area contributed by atoms with Gasteiger partial charge in [-0.15, -0.1) is 0 Å². The lowest BCUT2D eigenvalue weighted by atomic mass is 9.98. The molecular formula is C25H36N6O6. The number of fused-ring (bicyclic) bond motifs is 1. The number of carbonyl (C=O) groups is 5. The molecule has 2 aromatic rings. The summed E-state index contributed by atoms with van der Waals surface area (Å²) in [7, 11) is 0. The highest BCUT2D eigenvalue weighted by molar-refractivity contribution is 5.95. The molecular weight excluding hydrogens is 480 g/mol. The average Bonchev–Trinajstić information content (AvgIpc) is 3.27. The summed E-state index contributed by atoms with van der Waals surface area (Å²) in [6.45, 7) is 4.98. The fourth-order valence-corrected chi connectivity index (χ4v) is 3.71. The summed E-state index contributed by atoms with van der Waals surface area (Å²) in [5.74, 6) is -4.08. The van der Waals surface area contributed by atoms with Gasteiger partial charge in [0.1, 0.15) is 18.1 Å². The van der Waals surface area contributed by atoms with E-state index in [4.69, 9.17) is 11.5 Å². The summed E-state index contributed by atoms with van der Waals surface area (Å²) in [6.07, 6.45) is 2.09. The molecule has 0 aliphatic heterocycles. The fraction of sp³-hybridized carbons (Fsp3) is 0.480. The van der Waals surface area contributed by atoms with E-state index in [0.29, 0.717) is 6.42 Å². The van der Waals surface area contributed by atoms with Crippen LogP contribution in [-0.4, -0.2) is 63.9 Å². The van der Waals surface area contributed by atoms with Gasteiger partial charge in [0.2, 0.25) is 23.6 Å². The smallest absolute Gasteiger partial charge is 0.325 e. The predicted octanol–water partition coefficient (Wildman–Crippen LogP) is -0.0918. The molecule has 1 aromatic carbocycles. The first-order chi connectivity index (χ1) is 17.4. The van der Waals surface area contributed by atoms with Gasteiger partial charge in [-0.25, -0.2) is 0 Å². The minimum absolute atomic E-state index is 0.0385. The molecule has 202 valence electrons. The van der Waals surface area contributed by atoms with Crippen LogP contribution in [0.5, 0.6) is 0 Å². The molecule has 0 bridgehead atoms. The van der Waals surface area contributed by atoms with Crippen LogP contribution in [-0.2, 0) is 30.4 Å². The Labute approximate surface area is 214 Å². The maximum atomic E-state index is 13.3. The van der Waals surface area contributed by atoms with Crippen molar-refractivity contribution in [3.63, 3.8) is 0 Å². The summed E-state index contributed by atoms with van der Waals surface area (Å²) in [6, 6.07) is 2.94. The first-order valence-corrected chi connectivity index (χ1v) is 12.2. The first-order valence-electron chi connectivity index (χ1n) is 12.2. The number of aromatic amines is 1. The third-order valence-electron chi connectivity index (χ3n) is 6.33. The standard InChI is InChI=1S/C25H36N6O6/c1-4-13(2)21(27)24(35)30-18(9-10-20(26)32)22(33)31-19(23(34)29-14(3)25(36)37)11-15-12-28-17-8-6-5-7-16(15)17/h5-8,12-14,18-19,21,28H,4,9-11,27H2,1-3H3,(H2,26,32)(H,29,34)(H,30,35)(H,31,33)(H,36,37). The molecule has 1 heterocycles. The Morgan fingerprint density at radius 2 is 1.59 bits per heavy atom. The van der Waals surface area contributed by atoms with Gasteiger partial charge in [-0.2, -0.15) is 0 Å². The molecule has 0 radical (unpaired) electrons. The third kappa shape index (κ3) is 8.31. The minimum atomic E-state index is -1.24. The number of nitrogens with two attached hydrogens (primary N) is 2. The Morgan fingerprint density at radius 3 is 2.22 bits per heavy atom. The summed E-state index contributed by atoms with van der Waals surface area (Å²) in [4.78, 5) is 64.7. The molecule has 1 aromatic heterocycles. The number of aliphatic carboxylic acids is 1. The van der Waals surface area contributed by atoms with Crippen molar-refractivity contribution in [2.45, 2.75) is 70.6 Å². The highest BCUT2D eigenvalue weighted by Crippen LogP contribution is 2.19. The van der Waals surface area contributed by atoms with E-state index >= 15 is 0 Å². The van der Waals surface area contributed by atoms with Crippen molar-refractivity contribution in [3.8, 4) is 0 Å². The SMILES string of the molecule is CCC(C)C(N)C(=O)NC(CCC(N)=O)C(=O)NC(Cc1c[nH]c2ccccc12)C(=O)NC(C)C(=O)O. The third-order valence-corrected chi connectivity index (χ3v) is 6.33. The highest BCUT2D eigenvalue weighted by atomic mass is 16.4. The molecule has 0 fully saturated rings. The zero-order chi connectivity index (χ0) is 27.7. The van der Waals surface area contributed by atoms with Gasteiger partial charge in [0, 0.05) is 29.9 Å². The van der Waals surface area contributed by atoms with E-state index in [2.05, 4.69) is 20.9 Å². The Kier molecular flexibility index (Phi) is 10.6. The largest absolute Gasteiger partial charge is 0.480 e. The van der Waals surface area contributed by atoms with Crippen LogP contribution in [0.2, 0.25) is 0 Å². The minimum Gasteiger partial charge on any atom is -0.480 e. The van der Waals surface area contributed by atoms with Crippen LogP contribution in [0.15, 0.2) is 30.5 Å². The summed E-state index contributed by atoms with van der Waals surface area (Å²) in [5, 5.41) is 17.6. The van der Waals surface area contributed by atoms with Crippen LogP contribution in [0, 0.1) is 5.92 Å². The topological polar surface area (TPSA) is 209 Å². The molecule has 37 heavy (non-hydrogen) atoms. The molecule has 0 saturated heterocycles. The van der Waals surface area contributed by atoms with E-state index in [-0.39, 0.29) is 25.2 Å². The van der Waals surface area contributed by atoms with Gasteiger partial charge in [-0.3, -0.25) is 24.0 Å². The van der Waals surface area contributed by atoms with Crippen molar-refractivity contribution >= 4 is 40.5 Å². The summed E-state index contributed by atoms with van der Waals surface area (Å²) in [5.41, 5.74) is 12.8. The van der Waals surface area contributed by atoms with E-state index in [1.165, 1.54) is 6.92 Å². The van der Waals surface area contributed by atoms with E-state index < -0.39 is 53.8 Å². The van der Waals surface area contributed by atoms with Gasteiger partial charge in [0.15, 0.2) is 0 Å². The number of rotatable bonds is 14. The number of H-pyrrole nitrogens is 1. The lowest BCUT2D eigenvalue weighted by molar-refractivity contribution is -0.141. The summed E-state index contributed by atoms with van der Waals surface area (Å²) >= 11 is 0. The van der Waals surface area contributed by atoms with Gasteiger partial charge in [-0.05, 0) is 30.9 Å². The number of hydrogen-bond acceptors (Lipinski definition) is 6. The van der Waals surface area contributed by atoms with Gasteiger partial charge >= 0.3 is 5.97 Å². The number of para-hydroxylation sites is 1. The average molecular weight is 517 g/mol. The Balaban J connectivity index is 2.29. The van der Waals surface area contributed by atoms with Crippen LogP contribution in [0.1, 0.15) is 45.6 Å². The van der Waals surface area contributed by atoms with Gasteiger partial charge < -0.3 is 37.5 Å². The molecule has 9 N–H and O–H groups in total. The molecule has 12 nitrogen and oxygen atoms in total. The monoisotopic (exact) mass is 516 g/mol. The molecule has 5 atom stereocenters. The Hall–Kier alpha value is -3.93. The number of carbonyl (C=O) groups excluding carboxylic acids is 4. The van der Waals surface area contributed by atoms with Crippen molar-refractivity contribution in [1.82, 2.24) is 20.9 Å². The van der Waals surface area contributed by atoms with Gasteiger partial charge in [-0.1, -0.05) is 38.5 Å². The zero-order valence-corrected chi connectivity index (χ0v) is 21.2. The van der Waals surface area contributed by atoms with Crippen molar-refractivity contribution < 1.29 is 29.1 Å². The van der Waals surface area contributed by atoms with Crippen LogP contribution < -0.4 is 27.4 Å². The van der Waals surface area contributed by atoms with Crippen molar-refractivity contribution in [2.75, 3.05) is 0 Å². The molecule has 0 saturated carbocycles. The predicted molar refractivity (Wildman–Crippen MR) is 137 cm³/mol. The summed E-state index contributed by atoms with van der Waals surface area (Å²) < 4.78 is 0. The molecule has 2 rings (SSSR count). The van der Waals surface area contributed by atoms with Crippen LogP contribution >= 0.6 is 0 Å². The molecule has 12 heteroatoms. The number of primary amides is 1. The normalized spacial score (nSPS) is 15.1. The van der Waals surface area contributed by atoms with Crippen LogP contribution in [0.3, 0.4) is 0 Å². The van der Waals surface area contributed by atoms with Crippen LogP contribution in [0.25, 0.3) is 10.9 Å². The second-order valence-electron chi connectivity index (χ2n) is 9.17. The van der Waals surface area contributed by atoms with Gasteiger partial charge in [0.25, 0.3) is 0 Å². The number of amides is 4. The molecule has 0 aliphatic rings. The number of carboxylic acids is 1. The number of carboxylic acid groups (broad SMARTS) is 1. The van der Waals surface area contributed by atoms with Crippen molar-refractivity contribution in [3.05, 3.63) is 36.0 Å². The Bertz CT molecular complexity index is 1130. The number of nitrogens with one attached hydrogen (secondary N) is 4. The maximum Gasteiger partial charge on any atom is 0.325 e. The second-order valence-corrected chi connectivity index (χ2v) is 9.17. The fourth-order valence-electron chi connectivity index (χ4n) is 3.71. The Morgan fingerprint density at radius 1 is 0.973 bits per heavy atom. The molecule has 5 unspecified atom stereocenters. The quantitative estimate of drug-likeness (QED) is 0.181. The zero-order valence-electron chi connectivity index (χ0n) is 21.2. The number of hydrogen-bond donors (Lipinski definition) is 7. The van der Waals surface area contributed by atoms with Gasteiger partial charge in [0.05, 0.1) is 6.04 Å². The maximum absolute atomic E-state index is 13.3. The van der Waals surface area contributed by atoms with E-state index in [1.54, 1.807) is 13.1 Å². The molecule has 0 spiro atoms. The van der Waals surface area contributed by atoms with E-state index in [9.17, 15) is 29.1 Å². The second kappa shape index (κ2) is 13.4. The first kappa shape index (κ1) is 29.3. The lowest BCUT2D eigenvalue weighted by Crippen LogP contribution is -2.58. The van der Waals surface area contributed by atoms with Crippen molar-refractivity contribution in [1.29, 1.82) is 0 Å². The van der Waals surface area contributed by atoms with Crippen LogP contribution in [0.4, 0.5) is 0 Å². The molecule has 4 amide bonds. The highest BCUT2D eigenvalue weighted by Gasteiger charge is 2.31. The lowest BCUT2D eigenvalue weighted by Gasteiger charge is -2.25. The van der Waals surface area contributed by atoms with E-state index in [1.807, 2.05) is 31.2 Å². The number of benzene rings is 1.